The van der Waals surface area contributed by atoms with E-state index >= 15 is 8.78 Å². The van der Waals surface area contributed by atoms with Gasteiger partial charge in [-0.15, -0.1) is 0 Å². The molecule has 0 radical (unpaired) electrons. The highest BCUT2D eigenvalue weighted by Gasteiger charge is 2.29. The van der Waals surface area contributed by atoms with Gasteiger partial charge >= 0.3 is 0 Å². The van der Waals surface area contributed by atoms with E-state index in [2.05, 4.69) is 24.0 Å². The Morgan fingerprint density at radius 3 is 2.12 bits per heavy atom. The Kier molecular flexibility index (Phi) is 8.18. The number of fused-ring (bicyclic) bond motifs is 7. The van der Waals surface area contributed by atoms with E-state index in [-0.39, 0.29) is 0 Å². The quantitative estimate of drug-likeness (QED) is 0.137. The van der Waals surface area contributed by atoms with Gasteiger partial charge in [0.05, 0.1) is 0 Å². The fourth-order valence-electron chi connectivity index (χ4n) is 6.46. The maximum absolute atomic E-state index is 15.5. The van der Waals surface area contributed by atoms with Crippen LogP contribution in [-0.4, -0.2) is 18.1 Å². The van der Waals surface area contributed by atoms with E-state index in [0.717, 1.165) is 74.8 Å². The first kappa shape index (κ1) is 28.9. The van der Waals surface area contributed by atoms with Crippen molar-refractivity contribution in [2.75, 3.05) is 13.2 Å². The van der Waals surface area contributed by atoms with Gasteiger partial charge in [-0.2, -0.15) is 0 Å². The summed E-state index contributed by atoms with van der Waals surface area (Å²) in [6.07, 6.45) is 4.81. The first-order chi connectivity index (χ1) is 20.9. The molecular weight excluding hydrogens is 546 g/mol. The van der Waals surface area contributed by atoms with Crippen LogP contribution in [0, 0.1) is 11.6 Å². The molecule has 0 aliphatic carbocycles. The van der Waals surface area contributed by atoms with Crippen LogP contribution in [0.3, 0.4) is 0 Å². The van der Waals surface area contributed by atoms with Crippen LogP contribution in [0.2, 0.25) is 0 Å². The zero-order valence-electron chi connectivity index (χ0n) is 24.4. The average Bonchev–Trinajstić information content (AvgIpc) is 3.17. The third-order valence-corrected chi connectivity index (χ3v) is 8.41. The highest BCUT2D eigenvalue weighted by molar-refractivity contribution is 6.11. The second kappa shape index (κ2) is 12.2. The van der Waals surface area contributed by atoms with Gasteiger partial charge in [-0.05, 0) is 99.1 Å². The lowest BCUT2D eigenvalue weighted by Crippen LogP contribution is -2.24. The van der Waals surface area contributed by atoms with Gasteiger partial charge in [-0.25, -0.2) is 17.6 Å². The van der Waals surface area contributed by atoms with Crippen LogP contribution < -0.4 is 0 Å². The van der Waals surface area contributed by atoms with E-state index in [1.807, 2.05) is 48.5 Å². The van der Waals surface area contributed by atoms with Gasteiger partial charge in [-0.1, -0.05) is 74.0 Å². The Morgan fingerprint density at radius 2 is 1.47 bits per heavy atom. The number of alkyl halides is 1. The zero-order chi connectivity index (χ0) is 30.1. The molecule has 0 bridgehead atoms. The molecule has 5 aromatic carbocycles. The van der Waals surface area contributed by atoms with E-state index in [9.17, 15) is 8.78 Å². The summed E-state index contributed by atoms with van der Waals surface area (Å²) >= 11 is 0. The highest BCUT2D eigenvalue weighted by Crippen LogP contribution is 2.48. The van der Waals surface area contributed by atoms with E-state index in [4.69, 9.17) is 0 Å². The largest absolute Gasteiger partial charge is 0.295 e. The molecule has 43 heavy (non-hydrogen) atoms. The molecule has 1 aliphatic heterocycles. The van der Waals surface area contributed by atoms with E-state index in [1.165, 1.54) is 31.2 Å². The number of rotatable bonds is 7. The lowest BCUT2D eigenvalue weighted by atomic mass is 9.82. The molecule has 0 unspecified atom stereocenters. The van der Waals surface area contributed by atoms with Crippen LogP contribution in [0.5, 0.6) is 0 Å². The fourth-order valence-corrected chi connectivity index (χ4v) is 6.46. The minimum Gasteiger partial charge on any atom is -0.295 e. The molecule has 5 aromatic rings. The van der Waals surface area contributed by atoms with Crippen LogP contribution in [0.1, 0.15) is 43.4 Å². The topological polar surface area (TPSA) is 3.24 Å². The summed E-state index contributed by atoms with van der Waals surface area (Å²) < 4.78 is 58.2. The standard InChI is InChI=1S/C38H33F4N/c1-3-4-18-43-22-34-32(28(24(2)40)14-9-17-39)19-25-10-5-7-12-29(25)37(34)38-30-13-8-6-11-26(30)20-33(35(38)23-43)31-16-15-27(41)21-36(31)42/h5-16,19-21H,3-4,17-18,22-23H2,1-2H3/b14-9-,28-24-. The second-order valence-corrected chi connectivity index (χ2v) is 11.2. The summed E-state index contributed by atoms with van der Waals surface area (Å²) in [6.45, 7) is 4.69. The molecule has 0 aromatic heterocycles. The number of allylic oxidation sites excluding steroid dienone is 4. The first-order valence-electron chi connectivity index (χ1n) is 14.8. The van der Waals surface area contributed by atoms with Crippen molar-refractivity contribution in [3.05, 3.63) is 125 Å². The van der Waals surface area contributed by atoms with Gasteiger partial charge in [0, 0.05) is 30.3 Å². The maximum Gasteiger partial charge on any atom is 0.133 e. The third-order valence-electron chi connectivity index (χ3n) is 8.41. The molecule has 0 saturated carbocycles. The van der Waals surface area contributed by atoms with Gasteiger partial charge < -0.3 is 0 Å². The van der Waals surface area contributed by atoms with Gasteiger partial charge in [0.25, 0.3) is 0 Å². The molecule has 0 spiro atoms. The van der Waals surface area contributed by atoms with Gasteiger partial charge in [0.2, 0.25) is 0 Å². The fraction of sp³-hybridized carbons (Fsp3) is 0.211. The van der Waals surface area contributed by atoms with Gasteiger partial charge in [0.1, 0.15) is 24.1 Å². The minimum absolute atomic E-state index is 0.342. The summed E-state index contributed by atoms with van der Waals surface area (Å²) in [4.78, 5) is 2.33. The number of benzene rings is 5. The lowest BCUT2D eigenvalue weighted by Gasteiger charge is -2.23. The lowest BCUT2D eigenvalue weighted by molar-refractivity contribution is 0.255. The van der Waals surface area contributed by atoms with E-state index in [0.29, 0.717) is 29.8 Å². The van der Waals surface area contributed by atoms with Crippen molar-refractivity contribution in [2.45, 2.75) is 39.8 Å². The Bertz CT molecular complexity index is 1900. The maximum atomic E-state index is 15.5. The highest BCUT2D eigenvalue weighted by atomic mass is 19.1. The first-order valence-corrected chi connectivity index (χ1v) is 14.8. The van der Waals surface area contributed by atoms with Gasteiger partial charge in [-0.3, -0.25) is 4.90 Å². The van der Waals surface area contributed by atoms with Crippen molar-refractivity contribution in [2.24, 2.45) is 0 Å². The molecule has 6 rings (SSSR count). The molecule has 0 atom stereocenters. The number of unbranched alkanes of at least 4 members (excludes halogenated alkanes) is 1. The van der Waals surface area contributed by atoms with Gasteiger partial charge in [0.15, 0.2) is 0 Å². The Hall–Kier alpha value is -4.22. The van der Waals surface area contributed by atoms with Crippen molar-refractivity contribution in [1.29, 1.82) is 0 Å². The molecule has 5 heteroatoms. The molecule has 0 fully saturated rings. The number of halogens is 4. The summed E-state index contributed by atoms with van der Waals surface area (Å²) in [7, 11) is 0. The molecule has 0 N–H and O–H groups in total. The molecule has 0 saturated heterocycles. The molecule has 1 nitrogen and oxygen atoms in total. The van der Waals surface area contributed by atoms with E-state index in [1.54, 1.807) is 0 Å². The third kappa shape index (κ3) is 5.38. The molecule has 1 aliphatic rings. The van der Waals surface area contributed by atoms with Crippen molar-refractivity contribution < 1.29 is 17.6 Å². The number of hydrogen-bond acceptors (Lipinski definition) is 1. The normalized spacial score (nSPS) is 14.2. The SMILES string of the molecule is CCCCN1Cc2c(C(/C=C\CF)=C(/C)F)cc3ccccc3c2-c2c(c(-c3ccc(F)cc3F)cc3ccccc23)C1. The van der Waals surface area contributed by atoms with E-state index < -0.39 is 24.1 Å². The average molecular weight is 580 g/mol. The van der Waals surface area contributed by atoms with Crippen LogP contribution in [0.25, 0.3) is 49.4 Å². The van der Waals surface area contributed by atoms with Crippen LogP contribution >= 0.6 is 0 Å². The minimum atomic E-state index is -0.699. The van der Waals surface area contributed by atoms with Crippen molar-refractivity contribution in [3.63, 3.8) is 0 Å². The number of nitrogens with zero attached hydrogens (tertiary/aromatic N) is 1. The Morgan fingerprint density at radius 1 is 0.814 bits per heavy atom. The summed E-state index contributed by atoms with van der Waals surface area (Å²) in [5.41, 5.74) is 5.95. The Labute approximate surface area is 249 Å². The van der Waals surface area contributed by atoms with Crippen molar-refractivity contribution >= 4 is 27.1 Å². The summed E-state index contributed by atoms with van der Waals surface area (Å²) in [6, 6.07) is 23.8. The predicted molar refractivity (Wildman–Crippen MR) is 170 cm³/mol. The monoisotopic (exact) mass is 579 g/mol. The van der Waals surface area contributed by atoms with Crippen LogP contribution in [-0.2, 0) is 13.1 Å². The van der Waals surface area contributed by atoms with Crippen molar-refractivity contribution in [1.82, 2.24) is 4.90 Å². The summed E-state index contributed by atoms with van der Waals surface area (Å²) in [5, 5.41) is 3.87. The Balaban J connectivity index is 1.81. The molecule has 1 heterocycles. The summed E-state index contributed by atoms with van der Waals surface area (Å²) in [5.74, 6) is -1.63. The zero-order valence-corrected chi connectivity index (χ0v) is 24.4. The van der Waals surface area contributed by atoms with Crippen molar-refractivity contribution in [3.8, 4) is 22.3 Å². The smallest absolute Gasteiger partial charge is 0.133 e. The number of hydrogen-bond donors (Lipinski definition) is 0. The predicted octanol–water partition coefficient (Wildman–Crippen LogP) is 10.9. The second-order valence-electron chi connectivity index (χ2n) is 11.2. The van der Waals surface area contributed by atoms with Crippen LogP contribution in [0.4, 0.5) is 17.6 Å². The van der Waals surface area contributed by atoms with Crippen LogP contribution in [0.15, 0.2) is 96.8 Å². The molecular formula is C38H33F4N. The molecule has 218 valence electrons. The molecule has 0 amide bonds.